The van der Waals surface area contributed by atoms with Gasteiger partial charge in [0.15, 0.2) is 0 Å². The lowest BCUT2D eigenvalue weighted by Gasteiger charge is -2.17. The van der Waals surface area contributed by atoms with Gasteiger partial charge in [0.05, 0.1) is 12.2 Å². The van der Waals surface area contributed by atoms with E-state index in [0.717, 1.165) is 5.75 Å². The van der Waals surface area contributed by atoms with E-state index in [2.05, 4.69) is 5.32 Å². The second-order valence-electron chi connectivity index (χ2n) is 5.07. The molecule has 1 N–H and O–H groups in total. The summed E-state index contributed by atoms with van der Waals surface area (Å²) in [6.07, 6.45) is 0. The Balaban J connectivity index is 1.75. The first-order valence-electron chi connectivity index (χ1n) is 7.16. The maximum Gasteiger partial charge on any atom is 0.238 e. The Morgan fingerprint density at radius 3 is 2.74 bits per heavy atom. The van der Waals surface area contributed by atoms with E-state index in [-0.39, 0.29) is 18.1 Å². The van der Waals surface area contributed by atoms with E-state index in [4.69, 9.17) is 16.3 Å². The van der Waals surface area contributed by atoms with Crippen molar-refractivity contribution in [2.24, 2.45) is 0 Å². The molecule has 1 amide bonds. The van der Waals surface area contributed by atoms with E-state index in [1.807, 2.05) is 30.3 Å². The summed E-state index contributed by atoms with van der Waals surface area (Å²) in [4.78, 5) is 13.7. The topological polar surface area (TPSA) is 41.6 Å². The SMILES string of the molecule is CN(CCOc1ccccc1)CC(=O)Nc1cc(Cl)ccc1F. The molecule has 0 aliphatic heterocycles. The van der Waals surface area contributed by atoms with Gasteiger partial charge in [-0.25, -0.2) is 4.39 Å². The molecule has 0 aromatic heterocycles. The lowest BCUT2D eigenvalue weighted by atomic mass is 10.3. The number of hydrogen-bond donors (Lipinski definition) is 1. The third kappa shape index (κ3) is 5.88. The molecule has 0 saturated heterocycles. The van der Waals surface area contributed by atoms with Crippen molar-refractivity contribution in [2.75, 3.05) is 32.1 Å². The molecule has 0 aliphatic carbocycles. The minimum Gasteiger partial charge on any atom is -0.492 e. The van der Waals surface area contributed by atoms with Gasteiger partial charge in [-0.3, -0.25) is 9.69 Å². The maximum atomic E-state index is 13.6. The summed E-state index contributed by atoms with van der Waals surface area (Å²) in [5.41, 5.74) is 0.0800. The highest BCUT2D eigenvalue weighted by atomic mass is 35.5. The highest BCUT2D eigenvalue weighted by Crippen LogP contribution is 2.19. The number of nitrogens with one attached hydrogen (secondary N) is 1. The molecule has 2 rings (SSSR count). The van der Waals surface area contributed by atoms with Gasteiger partial charge in [-0.05, 0) is 37.4 Å². The summed E-state index contributed by atoms with van der Waals surface area (Å²) < 4.78 is 19.1. The number of ether oxygens (including phenoxy) is 1. The molecule has 0 heterocycles. The molecule has 0 atom stereocenters. The summed E-state index contributed by atoms with van der Waals surface area (Å²) >= 11 is 5.79. The van der Waals surface area contributed by atoms with Crippen LogP contribution in [-0.2, 0) is 4.79 Å². The highest BCUT2D eigenvalue weighted by molar-refractivity contribution is 6.30. The second kappa shape index (κ2) is 8.50. The first kappa shape index (κ1) is 17.2. The molecular weight excluding hydrogens is 319 g/mol. The molecule has 2 aromatic carbocycles. The molecule has 23 heavy (non-hydrogen) atoms. The Kier molecular flexibility index (Phi) is 6.38. The molecule has 122 valence electrons. The average Bonchev–Trinajstić information content (AvgIpc) is 2.52. The molecule has 4 nitrogen and oxygen atoms in total. The van der Waals surface area contributed by atoms with Crippen LogP contribution in [0.5, 0.6) is 5.75 Å². The molecular formula is C17H18ClFN2O2. The quantitative estimate of drug-likeness (QED) is 0.842. The number of carbonyl (C=O) groups is 1. The van der Waals surface area contributed by atoms with Crippen LogP contribution in [0.3, 0.4) is 0 Å². The molecule has 2 aromatic rings. The van der Waals surface area contributed by atoms with Crippen molar-refractivity contribution in [2.45, 2.75) is 0 Å². The number of nitrogens with zero attached hydrogens (tertiary/aromatic N) is 1. The zero-order valence-electron chi connectivity index (χ0n) is 12.8. The first-order valence-corrected chi connectivity index (χ1v) is 7.53. The summed E-state index contributed by atoms with van der Waals surface area (Å²) in [7, 11) is 1.79. The fraction of sp³-hybridized carbons (Fsp3) is 0.235. The summed E-state index contributed by atoms with van der Waals surface area (Å²) in [6, 6.07) is 13.5. The van der Waals surface area contributed by atoms with E-state index in [0.29, 0.717) is 18.2 Å². The van der Waals surface area contributed by atoms with E-state index in [1.165, 1.54) is 18.2 Å². The number of halogens is 2. The van der Waals surface area contributed by atoms with Crippen LogP contribution in [0.2, 0.25) is 5.02 Å². The number of benzene rings is 2. The Morgan fingerprint density at radius 1 is 1.26 bits per heavy atom. The van der Waals surface area contributed by atoms with Gasteiger partial charge in [0.2, 0.25) is 5.91 Å². The van der Waals surface area contributed by atoms with Gasteiger partial charge in [0, 0.05) is 11.6 Å². The third-order valence-corrected chi connectivity index (χ3v) is 3.34. The van der Waals surface area contributed by atoms with Crippen LogP contribution in [-0.4, -0.2) is 37.6 Å². The minimum absolute atomic E-state index is 0.0800. The maximum absolute atomic E-state index is 13.6. The van der Waals surface area contributed by atoms with Crippen LogP contribution in [0.15, 0.2) is 48.5 Å². The molecule has 0 unspecified atom stereocenters. The van der Waals surface area contributed by atoms with E-state index >= 15 is 0 Å². The number of likely N-dealkylation sites (N-methyl/N-ethyl adjacent to an activating group) is 1. The van der Waals surface area contributed by atoms with Crippen molar-refractivity contribution in [3.63, 3.8) is 0 Å². The van der Waals surface area contributed by atoms with Gasteiger partial charge in [0.25, 0.3) is 0 Å². The summed E-state index contributed by atoms with van der Waals surface area (Å²) in [5, 5.41) is 2.88. The van der Waals surface area contributed by atoms with E-state index in [1.54, 1.807) is 11.9 Å². The minimum atomic E-state index is -0.516. The van der Waals surface area contributed by atoms with Crippen LogP contribution in [0.25, 0.3) is 0 Å². The number of para-hydroxylation sites is 1. The van der Waals surface area contributed by atoms with Gasteiger partial charge in [0.1, 0.15) is 18.2 Å². The van der Waals surface area contributed by atoms with E-state index in [9.17, 15) is 9.18 Å². The fourth-order valence-electron chi connectivity index (χ4n) is 1.94. The van der Waals surface area contributed by atoms with Crippen LogP contribution in [0.1, 0.15) is 0 Å². The van der Waals surface area contributed by atoms with Gasteiger partial charge in [-0.1, -0.05) is 29.8 Å². The molecule has 0 fully saturated rings. The fourth-order valence-corrected chi connectivity index (χ4v) is 2.12. The average molecular weight is 337 g/mol. The standard InChI is InChI=1S/C17H18ClFN2O2/c1-21(9-10-23-14-5-3-2-4-6-14)12-17(22)20-16-11-13(18)7-8-15(16)19/h2-8,11H,9-10,12H2,1H3,(H,20,22). The predicted octanol–water partition coefficient (Wildman–Crippen LogP) is 3.43. The molecule has 0 spiro atoms. The van der Waals surface area contributed by atoms with Crippen molar-refractivity contribution in [1.29, 1.82) is 0 Å². The molecule has 6 heteroatoms. The molecule has 0 saturated carbocycles. The largest absolute Gasteiger partial charge is 0.492 e. The van der Waals surface area contributed by atoms with Crippen LogP contribution in [0.4, 0.5) is 10.1 Å². The molecule has 0 radical (unpaired) electrons. The lowest BCUT2D eigenvalue weighted by molar-refractivity contribution is -0.117. The Hall–Kier alpha value is -2.11. The van der Waals surface area contributed by atoms with Gasteiger partial charge in [-0.15, -0.1) is 0 Å². The predicted molar refractivity (Wildman–Crippen MR) is 89.5 cm³/mol. The lowest BCUT2D eigenvalue weighted by Crippen LogP contribution is -2.33. The molecule has 0 aliphatic rings. The zero-order chi connectivity index (χ0) is 16.7. The van der Waals surface area contributed by atoms with Crippen molar-refractivity contribution in [3.05, 3.63) is 59.4 Å². The zero-order valence-corrected chi connectivity index (χ0v) is 13.5. The third-order valence-electron chi connectivity index (χ3n) is 3.10. The van der Waals surface area contributed by atoms with Crippen LogP contribution in [0, 0.1) is 5.82 Å². The number of hydrogen-bond acceptors (Lipinski definition) is 3. The van der Waals surface area contributed by atoms with Crippen LogP contribution >= 0.6 is 11.6 Å². The van der Waals surface area contributed by atoms with Crippen molar-refractivity contribution in [3.8, 4) is 5.75 Å². The van der Waals surface area contributed by atoms with Gasteiger partial charge < -0.3 is 10.1 Å². The second-order valence-corrected chi connectivity index (χ2v) is 5.51. The normalized spacial score (nSPS) is 10.6. The van der Waals surface area contributed by atoms with Gasteiger partial charge in [-0.2, -0.15) is 0 Å². The van der Waals surface area contributed by atoms with Crippen molar-refractivity contribution >= 4 is 23.2 Å². The smallest absolute Gasteiger partial charge is 0.238 e. The van der Waals surface area contributed by atoms with E-state index < -0.39 is 5.82 Å². The Morgan fingerprint density at radius 2 is 2.00 bits per heavy atom. The van der Waals surface area contributed by atoms with Gasteiger partial charge >= 0.3 is 0 Å². The highest BCUT2D eigenvalue weighted by Gasteiger charge is 2.10. The monoisotopic (exact) mass is 336 g/mol. The van der Waals surface area contributed by atoms with Crippen molar-refractivity contribution < 1.29 is 13.9 Å². The number of anilines is 1. The number of amides is 1. The summed E-state index contributed by atoms with van der Waals surface area (Å²) in [5.74, 6) is -0.0439. The summed E-state index contributed by atoms with van der Waals surface area (Å²) in [6.45, 7) is 1.16. The van der Waals surface area contributed by atoms with Crippen molar-refractivity contribution in [1.82, 2.24) is 4.90 Å². The molecule has 0 bridgehead atoms. The first-order chi connectivity index (χ1) is 11.0. The number of carbonyl (C=O) groups excluding carboxylic acids is 1. The Labute approximate surface area is 139 Å². The van der Waals surface area contributed by atoms with Crippen LogP contribution < -0.4 is 10.1 Å². The Bertz CT molecular complexity index is 652. The number of rotatable bonds is 7.